The Balaban J connectivity index is 1.84. The molecule has 21 heavy (non-hydrogen) atoms. The fourth-order valence-corrected chi connectivity index (χ4v) is 4.11. The van der Waals surface area contributed by atoms with E-state index >= 15 is 0 Å². The molecule has 0 spiro atoms. The smallest absolute Gasteiger partial charge is 0.218 e. The fraction of sp³-hybridized carbons (Fsp3) is 0.500. The van der Waals surface area contributed by atoms with E-state index < -0.39 is 10.0 Å². The Bertz CT molecular complexity index is 534. The molecular formula is C16H23NO3S. The van der Waals surface area contributed by atoms with Crippen LogP contribution in [0.2, 0.25) is 0 Å². The first-order chi connectivity index (χ1) is 10.1. The Morgan fingerprint density at radius 3 is 2.52 bits per heavy atom. The molecule has 1 aliphatic rings. The second-order valence-corrected chi connectivity index (χ2v) is 7.38. The zero-order valence-corrected chi connectivity index (χ0v) is 13.1. The monoisotopic (exact) mass is 309 g/mol. The van der Waals surface area contributed by atoms with Crippen LogP contribution < -0.4 is 0 Å². The van der Waals surface area contributed by atoms with Gasteiger partial charge < -0.3 is 4.74 Å². The number of rotatable bonds is 7. The summed E-state index contributed by atoms with van der Waals surface area (Å²) in [4.78, 5) is 0. The molecule has 0 saturated carbocycles. The predicted octanol–water partition coefficient (Wildman–Crippen LogP) is 2.43. The van der Waals surface area contributed by atoms with Crippen LogP contribution in [0.25, 0.3) is 0 Å². The summed E-state index contributed by atoms with van der Waals surface area (Å²) in [7, 11) is -3.21. The lowest BCUT2D eigenvalue weighted by Crippen LogP contribution is -2.40. The van der Waals surface area contributed by atoms with Gasteiger partial charge in [-0.1, -0.05) is 36.4 Å². The number of benzene rings is 1. The van der Waals surface area contributed by atoms with Crippen LogP contribution in [0.5, 0.6) is 0 Å². The van der Waals surface area contributed by atoms with Gasteiger partial charge in [0, 0.05) is 19.7 Å². The Hall–Kier alpha value is -1.17. The second-order valence-electron chi connectivity index (χ2n) is 5.41. The van der Waals surface area contributed by atoms with E-state index in [1.54, 1.807) is 10.4 Å². The summed E-state index contributed by atoms with van der Waals surface area (Å²) in [6.07, 6.45) is 3.47. The molecule has 1 heterocycles. The maximum absolute atomic E-state index is 12.4. The zero-order chi connectivity index (χ0) is 15.1. The van der Waals surface area contributed by atoms with Crippen molar-refractivity contribution in [2.45, 2.75) is 18.6 Å². The highest BCUT2D eigenvalue weighted by atomic mass is 32.2. The Morgan fingerprint density at radius 1 is 1.24 bits per heavy atom. The van der Waals surface area contributed by atoms with Crippen LogP contribution in [0.4, 0.5) is 0 Å². The summed E-state index contributed by atoms with van der Waals surface area (Å²) in [6, 6.07) is 9.34. The lowest BCUT2D eigenvalue weighted by atomic mass is 9.99. The van der Waals surface area contributed by atoms with Crippen molar-refractivity contribution in [2.75, 3.05) is 26.3 Å². The second kappa shape index (κ2) is 7.73. The van der Waals surface area contributed by atoms with Crippen molar-refractivity contribution in [1.29, 1.82) is 0 Å². The third-order valence-corrected chi connectivity index (χ3v) is 5.60. The van der Waals surface area contributed by atoms with Crippen molar-refractivity contribution in [3.8, 4) is 0 Å². The summed E-state index contributed by atoms with van der Waals surface area (Å²) in [5, 5.41) is 0. The van der Waals surface area contributed by atoms with Crippen molar-refractivity contribution in [2.24, 2.45) is 5.92 Å². The molecule has 1 aromatic carbocycles. The van der Waals surface area contributed by atoms with E-state index in [1.165, 1.54) is 0 Å². The van der Waals surface area contributed by atoms with Crippen molar-refractivity contribution in [3.05, 3.63) is 48.6 Å². The molecule has 0 N–H and O–H groups in total. The largest absolute Gasteiger partial charge is 0.377 e. The van der Waals surface area contributed by atoms with Gasteiger partial charge in [-0.05, 0) is 24.3 Å². The van der Waals surface area contributed by atoms with Gasteiger partial charge in [0.25, 0.3) is 0 Å². The van der Waals surface area contributed by atoms with Crippen molar-refractivity contribution < 1.29 is 13.2 Å². The lowest BCUT2D eigenvalue weighted by Gasteiger charge is -2.31. The van der Waals surface area contributed by atoms with Gasteiger partial charge in [0.05, 0.1) is 12.4 Å². The topological polar surface area (TPSA) is 46.6 Å². The van der Waals surface area contributed by atoms with Gasteiger partial charge in [0.2, 0.25) is 10.0 Å². The Morgan fingerprint density at radius 2 is 1.90 bits per heavy atom. The van der Waals surface area contributed by atoms with Crippen LogP contribution in [-0.4, -0.2) is 39.0 Å². The zero-order valence-electron chi connectivity index (χ0n) is 12.3. The lowest BCUT2D eigenvalue weighted by molar-refractivity contribution is 0.0982. The molecule has 1 aliphatic heterocycles. The first kappa shape index (κ1) is 16.2. The van der Waals surface area contributed by atoms with Crippen molar-refractivity contribution in [3.63, 3.8) is 0 Å². The van der Waals surface area contributed by atoms with Crippen LogP contribution >= 0.6 is 0 Å². The Labute approximate surface area is 127 Å². The standard InChI is InChI=1S/C16H23NO3S/c1-2-12-20-13-15-8-10-17(11-9-15)21(18,19)14-16-6-4-3-5-7-16/h2-7,15H,1,8-14H2. The molecule has 0 aromatic heterocycles. The quantitative estimate of drug-likeness (QED) is 0.574. The van der Waals surface area contributed by atoms with Gasteiger partial charge >= 0.3 is 0 Å². The molecule has 5 heteroatoms. The van der Waals surface area contributed by atoms with E-state index in [9.17, 15) is 8.42 Å². The number of hydrogen-bond acceptors (Lipinski definition) is 3. The summed E-state index contributed by atoms with van der Waals surface area (Å²) < 4.78 is 31.9. The van der Waals surface area contributed by atoms with Crippen LogP contribution in [0.3, 0.4) is 0 Å². The highest BCUT2D eigenvalue weighted by Crippen LogP contribution is 2.21. The van der Waals surface area contributed by atoms with E-state index in [1.807, 2.05) is 30.3 Å². The number of piperidine rings is 1. The number of sulfonamides is 1. The molecule has 2 rings (SSSR count). The average molecular weight is 309 g/mol. The summed E-state index contributed by atoms with van der Waals surface area (Å²) in [5.41, 5.74) is 0.842. The van der Waals surface area contributed by atoms with Crippen LogP contribution in [-0.2, 0) is 20.5 Å². The molecule has 1 aromatic rings. The maximum atomic E-state index is 12.4. The van der Waals surface area contributed by atoms with Gasteiger partial charge in [-0.25, -0.2) is 12.7 Å². The predicted molar refractivity (Wildman–Crippen MR) is 84.4 cm³/mol. The van der Waals surface area contributed by atoms with Crippen LogP contribution in [0.15, 0.2) is 43.0 Å². The first-order valence-electron chi connectivity index (χ1n) is 7.32. The molecule has 0 aliphatic carbocycles. The molecule has 0 unspecified atom stereocenters. The third-order valence-electron chi connectivity index (χ3n) is 3.75. The van der Waals surface area contributed by atoms with Gasteiger partial charge in [0.15, 0.2) is 0 Å². The molecule has 1 fully saturated rings. The molecule has 1 saturated heterocycles. The molecule has 4 nitrogen and oxygen atoms in total. The SMILES string of the molecule is C=CCOCC1CCN(S(=O)(=O)Cc2ccccc2)CC1. The van der Waals surface area contributed by atoms with Gasteiger partial charge in [-0.3, -0.25) is 0 Å². The van der Waals surface area contributed by atoms with Crippen LogP contribution in [0.1, 0.15) is 18.4 Å². The number of nitrogens with zero attached hydrogens (tertiary/aromatic N) is 1. The highest BCUT2D eigenvalue weighted by molar-refractivity contribution is 7.88. The molecule has 0 radical (unpaired) electrons. The van der Waals surface area contributed by atoms with E-state index in [0.29, 0.717) is 32.2 Å². The van der Waals surface area contributed by atoms with E-state index in [0.717, 1.165) is 18.4 Å². The minimum Gasteiger partial charge on any atom is -0.377 e. The first-order valence-corrected chi connectivity index (χ1v) is 8.93. The fourth-order valence-electron chi connectivity index (χ4n) is 2.55. The van der Waals surface area contributed by atoms with Gasteiger partial charge in [0.1, 0.15) is 0 Å². The number of hydrogen-bond donors (Lipinski definition) is 0. The summed E-state index contributed by atoms with van der Waals surface area (Å²) in [6.45, 7) is 6.06. The van der Waals surface area contributed by atoms with Gasteiger partial charge in [-0.15, -0.1) is 6.58 Å². The molecule has 0 bridgehead atoms. The van der Waals surface area contributed by atoms with Crippen LogP contribution in [0, 0.1) is 5.92 Å². The summed E-state index contributed by atoms with van der Waals surface area (Å²) >= 11 is 0. The van der Waals surface area contributed by atoms with Gasteiger partial charge in [-0.2, -0.15) is 0 Å². The molecule has 0 atom stereocenters. The molecular weight excluding hydrogens is 286 g/mol. The maximum Gasteiger partial charge on any atom is 0.218 e. The molecule has 116 valence electrons. The average Bonchev–Trinajstić information content (AvgIpc) is 2.49. The molecule has 0 amide bonds. The van der Waals surface area contributed by atoms with E-state index in [-0.39, 0.29) is 5.75 Å². The summed E-state index contributed by atoms with van der Waals surface area (Å²) in [5.74, 6) is 0.541. The highest BCUT2D eigenvalue weighted by Gasteiger charge is 2.28. The van der Waals surface area contributed by atoms with Crippen molar-refractivity contribution >= 4 is 10.0 Å². The number of ether oxygens (including phenoxy) is 1. The van der Waals surface area contributed by atoms with E-state index in [4.69, 9.17) is 4.74 Å². The van der Waals surface area contributed by atoms with Crippen molar-refractivity contribution in [1.82, 2.24) is 4.31 Å². The minimum atomic E-state index is -3.21. The Kier molecular flexibility index (Phi) is 5.96. The normalized spacial score (nSPS) is 17.7. The third kappa shape index (κ3) is 4.95. The van der Waals surface area contributed by atoms with E-state index in [2.05, 4.69) is 6.58 Å². The minimum absolute atomic E-state index is 0.0888.